The Kier molecular flexibility index (Phi) is 3.73. The van der Waals surface area contributed by atoms with Gasteiger partial charge in [0.05, 0.1) is 29.7 Å². The molecule has 8 heteroatoms. The molecule has 0 bridgehead atoms. The average Bonchev–Trinajstić information content (AvgIpc) is 2.89. The number of nitro groups is 1. The molecule has 21 heavy (non-hydrogen) atoms. The van der Waals surface area contributed by atoms with Gasteiger partial charge in [-0.15, -0.1) is 0 Å². The highest BCUT2D eigenvalue weighted by atomic mass is 35.5. The molecule has 1 aromatic carbocycles. The van der Waals surface area contributed by atoms with Gasteiger partial charge in [-0.25, -0.2) is 4.39 Å². The summed E-state index contributed by atoms with van der Waals surface area (Å²) < 4.78 is 25.0. The highest BCUT2D eigenvalue weighted by Gasteiger charge is 2.42. The SMILES string of the molecule is O=[N+]([O-])c1cc(Cl)c(F)cc1N1CCCC2(C1)OCCO2. The Morgan fingerprint density at radius 1 is 1.38 bits per heavy atom. The van der Waals surface area contributed by atoms with Gasteiger partial charge < -0.3 is 14.4 Å². The Morgan fingerprint density at radius 3 is 2.76 bits per heavy atom. The first kappa shape index (κ1) is 14.5. The Bertz CT molecular complexity index is 578. The van der Waals surface area contributed by atoms with Gasteiger partial charge in [0.2, 0.25) is 0 Å². The van der Waals surface area contributed by atoms with Crippen LogP contribution in [0.5, 0.6) is 0 Å². The third kappa shape index (κ3) is 2.68. The number of ether oxygens (including phenoxy) is 2. The molecule has 0 atom stereocenters. The first-order valence-corrected chi connectivity index (χ1v) is 7.05. The Balaban J connectivity index is 1.95. The van der Waals surface area contributed by atoms with Gasteiger partial charge in [-0.05, 0) is 6.42 Å². The lowest BCUT2D eigenvalue weighted by molar-refractivity contribution is -0.384. The van der Waals surface area contributed by atoms with Crippen molar-refractivity contribution in [1.82, 2.24) is 0 Å². The molecule has 2 fully saturated rings. The van der Waals surface area contributed by atoms with E-state index in [0.717, 1.165) is 25.0 Å². The summed E-state index contributed by atoms with van der Waals surface area (Å²) in [5.74, 6) is -1.41. The zero-order valence-corrected chi connectivity index (χ0v) is 11.9. The summed E-state index contributed by atoms with van der Waals surface area (Å²) >= 11 is 5.64. The van der Waals surface area contributed by atoms with Crippen LogP contribution in [0.25, 0.3) is 0 Å². The predicted molar refractivity (Wildman–Crippen MR) is 74.1 cm³/mol. The van der Waals surface area contributed by atoms with E-state index >= 15 is 0 Å². The molecule has 0 radical (unpaired) electrons. The van der Waals surface area contributed by atoms with Gasteiger partial charge in [0, 0.05) is 25.1 Å². The molecule has 0 saturated carbocycles. The zero-order chi connectivity index (χ0) is 15.0. The summed E-state index contributed by atoms with van der Waals surface area (Å²) in [7, 11) is 0. The molecule has 2 heterocycles. The first-order chi connectivity index (χ1) is 10.0. The number of hydrogen-bond acceptors (Lipinski definition) is 5. The number of nitrogens with zero attached hydrogens (tertiary/aromatic N) is 2. The minimum absolute atomic E-state index is 0.208. The normalized spacial score (nSPS) is 21.0. The number of rotatable bonds is 2. The number of nitro benzene ring substituents is 1. The van der Waals surface area contributed by atoms with Crippen LogP contribution in [0, 0.1) is 15.9 Å². The molecule has 114 valence electrons. The molecule has 0 aliphatic carbocycles. The van der Waals surface area contributed by atoms with Crippen molar-refractivity contribution in [3.05, 3.63) is 33.1 Å². The molecule has 0 amide bonds. The fraction of sp³-hybridized carbons (Fsp3) is 0.538. The fourth-order valence-electron chi connectivity index (χ4n) is 2.85. The molecular weight excluding hydrogens is 303 g/mol. The minimum atomic E-state index is -0.734. The second kappa shape index (κ2) is 5.40. The summed E-state index contributed by atoms with van der Waals surface area (Å²) in [5.41, 5.74) is -0.00322. The monoisotopic (exact) mass is 316 g/mol. The topological polar surface area (TPSA) is 64.8 Å². The molecule has 2 aliphatic heterocycles. The number of halogens is 2. The second-order valence-corrected chi connectivity index (χ2v) is 5.55. The van der Waals surface area contributed by atoms with E-state index in [-0.39, 0.29) is 16.4 Å². The Morgan fingerprint density at radius 2 is 2.10 bits per heavy atom. The van der Waals surface area contributed by atoms with Crippen molar-refractivity contribution in [2.45, 2.75) is 18.6 Å². The van der Waals surface area contributed by atoms with Gasteiger partial charge in [0.1, 0.15) is 11.5 Å². The van der Waals surface area contributed by atoms with Crippen molar-refractivity contribution >= 4 is 23.0 Å². The average molecular weight is 317 g/mol. The molecule has 2 saturated heterocycles. The molecule has 0 N–H and O–H groups in total. The highest BCUT2D eigenvalue weighted by molar-refractivity contribution is 6.31. The molecule has 1 spiro atoms. The first-order valence-electron chi connectivity index (χ1n) is 6.67. The molecule has 1 aromatic rings. The third-order valence-electron chi connectivity index (χ3n) is 3.79. The van der Waals surface area contributed by atoms with Gasteiger partial charge in [-0.1, -0.05) is 11.6 Å². The van der Waals surface area contributed by atoms with Gasteiger partial charge in [0.15, 0.2) is 5.79 Å². The fourth-order valence-corrected chi connectivity index (χ4v) is 3.01. The third-order valence-corrected chi connectivity index (χ3v) is 4.08. The maximum absolute atomic E-state index is 13.7. The van der Waals surface area contributed by atoms with E-state index in [0.29, 0.717) is 26.3 Å². The quantitative estimate of drug-likeness (QED) is 0.620. The van der Waals surface area contributed by atoms with Crippen LogP contribution in [0.1, 0.15) is 12.8 Å². The number of piperidine rings is 1. The van der Waals surface area contributed by atoms with Gasteiger partial charge in [0.25, 0.3) is 5.69 Å². The van der Waals surface area contributed by atoms with Gasteiger partial charge in [-0.2, -0.15) is 0 Å². The maximum Gasteiger partial charge on any atom is 0.294 e. The van der Waals surface area contributed by atoms with E-state index in [4.69, 9.17) is 21.1 Å². The van der Waals surface area contributed by atoms with E-state index in [1.807, 2.05) is 0 Å². The van der Waals surface area contributed by atoms with Crippen LogP contribution in [-0.2, 0) is 9.47 Å². The smallest absolute Gasteiger partial charge is 0.294 e. The van der Waals surface area contributed by atoms with Crippen LogP contribution in [-0.4, -0.2) is 37.0 Å². The van der Waals surface area contributed by atoms with Crippen LogP contribution in [0.15, 0.2) is 12.1 Å². The number of hydrogen-bond donors (Lipinski definition) is 0. The van der Waals surface area contributed by atoms with Crippen molar-refractivity contribution in [2.75, 3.05) is 31.2 Å². The summed E-state index contributed by atoms with van der Waals surface area (Å²) in [6.07, 6.45) is 1.48. The Labute approximate surface area is 125 Å². The van der Waals surface area contributed by atoms with Crippen molar-refractivity contribution in [3.63, 3.8) is 0 Å². The summed E-state index contributed by atoms with van der Waals surface area (Å²) in [5, 5.41) is 10.9. The highest BCUT2D eigenvalue weighted by Crippen LogP contribution is 2.38. The van der Waals surface area contributed by atoms with Crippen LogP contribution in [0.3, 0.4) is 0 Å². The molecular formula is C13H14ClFN2O4. The van der Waals surface area contributed by atoms with E-state index < -0.39 is 16.5 Å². The van der Waals surface area contributed by atoms with Crippen molar-refractivity contribution in [2.24, 2.45) is 0 Å². The van der Waals surface area contributed by atoms with Gasteiger partial charge >= 0.3 is 0 Å². The maximum atomic E-state index is 13.7. The molecule has 0 unspecified atom stereocenters. The summed E-state index contributed by atoms with van der Waals surface area (Å²) in [4.78, 5) is 12.3. The van der Waals surface area contributed by atoms with Crippen molar-refractivity contribution in [1.29, 1.82) is 0 Å². The second-order valence-electron chi connectivity index (χ2n) is 5.14. The largest absolute Gasteiger partial charge is 0.360 e. The summed E-state index contributed by atoms with van der Waals surface area (Å²) in [6.45, 7) is 1.93. The lowest BCUT2D eigenvalue weighted by Crippen LogP contribution is -2.49. The van der Waals surface area contributed by atoms with E-state index in [2.05, 4.69) is 0 Å². The molecule has 2 aliphatic rings. The molecule has 3 rings (SSSR count). The van der Waals surface area contributed by atoms with E-state index in [9.17, 15) is 14.5 Å². The Hall–Kier alpha value is -1.44. The van der Waals surface area contributed by atoms with Crippen LogP contribution in [0.4, 0.5) is 15.8 Å². The van der Waals surface area contributed by atoms with Crippen LogP contribution in [0.2, 0.25) is 5.02 Å². The summed E-state index contributed by atoms with van der Waals surface area (Å²) in [6, 6.07) is 2.15. The van der Waals surface area contributed by atoms with Crippen LogP contribution >= 0.6 is 11.6 Å². The molecule has 0 aromatic heterocycles. The standard InChI is InChI=1S/C13H14ClFN2O4/c14-9-6-12(17(18)19)11(7-10(9)15)16-3-1-2-13(8-16)20-4-5-21-13/h6-7H,1-5,8H2. The van der Waals surface area contributed by atoms with E-state index in [1.165, 1.54) is 0 Å². The number of anilines is 1. The van der Waals surface area contributed by atoms with E-state index in [1.54, 1.807) is 4.90 Å². The zero-order valence-electron chi connectivity index (χ0n) is 11.2. The van der Waals surface area contributed by atoms with Gasteiger partial charge in [-0.3, -0.25) is 10.1 Å². The van der Waals surface area contributed by atoms with Crippen molar-refractivity contribution in [3.8, 4) is 0 Å². The lowest BCUT2D eigenvalue weighted by Gasteiger charge is -2.39. The van der Waals surface area contributed by atoms with Crippen LogP contribution < -0.4 is 4.90 Å². The lowest BCUT2D eigenvalue weighted by atomic mass is 10.0. The predicted octanol–water partition coefficient (Wildman–Crippen LogP) is 2.73. The molecule has 6 nitrogen and oxygen atoms in total. The van der Waals surface area contributed by atoms with Crippen molar-refractivity contribution < 1.29 is 18.8 Å². The minimum Gasteiger partial charge on any atom is -0.360 e. The number of benzene rings is 1.